The summed E-state index contributed by atoms with van der Waals surface area (Å²) in [4.78, 5) is 4.79. The van der Waals surface area contributed by atoms with E-state index in [1.165, 1.54) is 24.3 Å². The Labute approximate surface area is 224 Å². The molecule has 4 aromatic carbocycles. The molecule has 0 atom stereocenters. The van der Waals surface area contributed by atoms with E-state index in [0.717, 1.165) is 55.5 Å². The SMILES string of the molecule is COc1ccc(-n2ncc3cnc4c(/C=C/c5ccc(F)cc5)cc(/C=C/c5ccc(F)cc5)cc4c32)cc1. The highest BCUT2D eigenvalue weighted by atomic mass is 19.1. The summed E-state index contributed by atoms with van der Waals surface area (Å²) in [7, 11) is 1.64. The maximum Gasteiger partial charge on any atom is 0.123 e. The summed E-state index contributed by atoms with van der Waals surface area (Å²) >= 11 is 0. The highest BCUT2D eigenvalue weighted by Crippen LogP contribution is 2.31. The predicted molar refractivity (Wildman–Crippen MR) is 154 cm³/mol. The van der Waals surface area contributed by atoms with Crippen LogP contribution in [0.25, 0.3) is 51.8 Å². The Hall–Kier alpha value is -5.10. The Morgan fingerprint density at radius 1 is 0.692 bits per heavy atom. The lowest BCUT2D eigenvalue weighted by molar-refractivity contribution is 0.414. The van der Waals surface area contributed by atoms with Crippen LogP contribution in [-0.2, 0) is 0 Å². The first-order valence-electron chi connectivity index (χ1n) is 12.4. The van der Waals surface area contributed by atoms with Crippen LogP contribution >= 0.6 is 0 Å². The van der Waals surface area contributed by atoms with Gasteiger partial charge in [0.2, 0.25) is 0 Å². The first kappa shape index (κ1) is 24.2. The average Bonchev–Trinajstić information content (AvgIpc) is 3.41. The normalized spacial score (nSPS) is 11.8. The van der Waals surface area contributed by atoms with E-state index in [1.807, 2.05) is 59.4 Å². The largest absolute Gasteiger partial charge is 0.497 e. The highest BCUT2D eigenvalue weighted by molar-refractivity contribution is 6.07. The number of halogens is 2. The molecule has 0 spiro atoms. The number of pyridine rings is 1. The highest BCUT2D eigenvalue weighted by Gasteiger charge is 2.13. The fraction of sp³-hybridized carbons (Fsp3) is 0.0303. The van der Waals surface area contributed by atoms with Gasteiger partial charge in [-0.3, -0.25) is 4.98 Å². The molecule has 6 rings (SSSR count). The minimum Gasteiger partial charge on any atom is -0.497 e. The van der Waals surface area contributed by atoms with Gasteiger partial charge in [0.1, 0.15) is 17.4 Å². The van der Waals surface area contributed by atoms with E-state index in [4.69, 9.17) is 9.72 Å². The van der Waals surface area contributed by atoms with Gasteiger partial charge in [-0.1, -0.05) is 48.6 Å². The topological polar surface area (TPSA) is 39.9 Å². The summed E-state index contributed by atoms with van der Waals surface area (Å²) in [5.41, 5.74) is 6.26. The Bertz CT molecular complexity index is 1840. The van der Waals surface area contributed by atoms with Crippen LogP contribution in [0, 0.1) is 11.6 Å². The lowest BCUT2D eigenvalue weighted by atomic mass is 10.0. The number of methoxy groups -OCH3 is 1. The van der Waals surface area contributed by atoms with Gasteiger partial charge in [0.25, 0.3) is 0 Å². The van der Waals surface area contributed by atoms with Crippen molar-refractivity contribution >= 4 is 46.1 Å². The Morgan fingerprint density at radius 3 is 1.95 bits per heavy atom. The maximum absolute atomic E-state index is 13.4. The lowest BCUT2D eigenvalue weighted by Gasteiger charge is -2.10. The van der Waals surface area contributed by atoms with Gasteiger partial charge in [-0.05, 0) is 77.4 Å². The number of ether oxygens (including phenoxy) is 1. The van der Waals surface area contributed by atoms with Gasteiger partial charge in [0.05, 0.1) is 30.0 Å². The molecule has 6 aromatic rings. The molecule has 0 saturated heterocycles. The van der Waals surface area contributed by atoms with Gasteiger partial charge < -0.3 is 4.74 Å². The molecule has 39 heavy (non-hydrogen) atoms. The van der Waals surface area contributed by atoms with Gasteiger partial charge in [-0.25, -0.2) is 13.5 Å². The van der Waals surface area contributed by atoms with E-state index in [-0.39, 0.29) is 11.6 Å². The molecular formula is C33H23F2N3O. The second-order valence-electron chi connectivity index (χ2n) is 9.09. The minimum absolute atomic E-state index is 0.272. The lowest BCUT2D eigenvalue weighted by Crippen LogP contribution is -1.98. The first-order valence-corrected chi connectivity index (χ1v) is 12.4. The molecule has 190 valence electrons. The van der Waals surface area contributed by atoms with Crippen LogP contribution in [-0.4, -0.2) is 21.9 Å². The number of nitrogens with zero attached hydrogens (tertiary/aromatic N) is 3. The van der Waals surface area contributed by atoms with Crippen molar-refractivity contribution in [3.8, 4) is 11.4 Å². The fourth-order valence-electron chi connectivity index (χ4n) is 4.53. The van der Waals surface area contributed by atoms with Crippen LogP contribution in [0.3, 0.4) is 0 Å². The molecule has 0 saturated carbocycles. The number of aromatic nitrogens is 3. The molecule has 0 fully saturated rings. The van der Waals surface area contributed by atoms with E-state index in [2.05, 4.69) is 17.2 Å². The number of hydrogen-bond donors (Lipinski definition) is 0. The van der Waals surface area contributed by atoms with Crippen LogP contribution in [0.1, 0.15) is 22.3 Å². The van der Waals surface area contributed by atoms with Crippen LogP contribution < -0.4 is 4.74 Å². The molecule has 0 aliphatic rings. The molecule has 0 N–H and O–H groups in total. The third-order valence-electron chi connectivity index (χ3n) is 6.53. The molecule has 2 aromatic heterocycles. The van der Waals surface area contributed by atoms with Gasteiger partial charge >= 0.3 is 0 Å². The van der Waals surface area contributed by atoms with Crippen molar-refractivity contribution in [1.82, 2.24) is 14.8 Å². The molecule has 0 radical (unpaired) electrons. The van der Waals surface area contributed by atoms with E-state index in [1.54, 1.807) is 37.6 Å². The standard InChI is InChI=1S/C33H23F2N3O/c1-39-30-16-14-29(15-17-30)38-33-26(21-37-38)20-36-32-25(9-4-23-7-12-28(35)13-8-23)18-24(19-31(32)33)3-2-22-5-10-27(34)11-6-22/h2-21H,1H3/b3-2+,9-4+. The summed E-state index contributed by atoms with van der Waals surface area (Å²) in [6.07, 6.45) is 11.5. The zero-order valence-electron chi connectivity index (χ0n) is 21.1. The molecule has 6 heteroatoms. The second-order valence-corrected chi connectivity index (χ2v) is 9.09. The quantitative estimate of drug-likeness (QED) is 0.210. The van der Waals surface area contributed by atoms with E-state index >= 15 is 0 Å². The first-order chi connectivity index (χ1) is 19.1. The number of benzene rings is 4. The van der Waals surface area contributed by atoms with Crippen molar-refractivity contribution in [2.45, 2.75) is 0 Å². The van der Waals surface area contributed by atoms with Crippen molar-refractivity contribution < 1.29 is 13.5 Å². The summed E-state index contributed by atoms with van der Waals surface area (Å²) in [6.45, 7) is 0. The van der Waals surface area contributed by atoms with Crippen LogP contribution in [0.15, 0.2) is 97.3 Å². The Kier molecular flexibility index (Phi) is 6.43. The molecular weight excluding hydrogens is 492 g/mol. The van der Waals surface area contributed by atoms with Crippen molar-refractivity contribution in [3.05, 3.63) is 131 Å². The number of fused-ring (bicyclic) bond motifs is 3. The molecule has 0 bridgehead atoms. The summed E-state index contributed by atoms with van der Waals surface area (Å²) < 4.78 is 34.0. The van der Waals surface area contributed by atoms with Crippen molar-refractivity contribution in [3.63, 3.8) is 0 Å². The molecule has 0 unspecified atom stereocenters. The number of hydrogen-bond acceptors (Lipinski definition) is 3. The Morgan fingerprint density at radius 2 is 1.31 bits per heavy atom. The smallest absolute Gasteiger partial charge is 0.123 e. The predicted octanol–water partition coefficient (Wildman–Crippen LogP) is 8.20. The van der Waals surface area contributed by atoms with Gasteiger partial charge in [-0.15, -0.1) is 0 Å². The third-order valence-corrected chi connectivity index (χ3v) is 6.53. The summed E-state index contributed by atoms with van der Waals surface area (Å²) in [5, 5.41) is 6.50. The van der Waals surface area contributed by atoms with Crippen molar-refractivity contribution in [2.75, 3.05) is 7.11 Å². The van der Waals surface area contributed by atoms with Crippen molar-refractivity contribution in [2.24, 2.45) is 0 Å². The Balaban J connectivity index is 1.53. The number of rotatable bonds is 6. The average molecular weight is 516 g/mol. The molecule has 0 aliphatic carbocycles. The van der Waals surface area contributed by atoms with E-state index < -0.39 is 0 Å². The van der Waals surface area contributed by atoms with Gasteiger partial charge in [-0.2, -0.15) is 5.10 Å². The van der Waals surface area contributed by atoms with Crippen LogP contribution in [0.5, 0.6) is 5.75 Å². The maximum atomic E-state index is 13.4. The van der Waals surface area contributed by atoms with E-state index in [9.17, 15) is 8.78 Å². The fourth-order valence-corrected chi connectivity index (χ4v) is 4.53. The monoisotopic (exact) mass is 515 g/mol. The van der Waals surface area contributed by atoms with E-state index in [0.29, 0.717) is 0 Å². The molecule has 4 nitrogen and oxygen atoms in total. The third kappa shape index (κ3) is 5.05. The zero-order chi connectivity index (χ0) is 26.8. The summed E-state index contributed by atoms with van der Waals surface area (Å²) in [5.74, 6) is 0.218. The van der Waals surface area contributed by atoms with Crippen molar-refractivity contribution in [1.29, 1.82) is 0 Å². The summed E-state index contributed by atoms with van der Waals surface area (Å²) in [6, 6.07) is 24.6. The van der Waals surface area contributed by atoms with Crippen LogP contribution in [0.4, 0.5) is 8.78 Å². The molecule has 0 aliphatic heterocycles. The van der Waals surface area contributed by atoms with Gasteiger partial charge in [0, 0.05) is 22.5 Å². The molecule has 2 heterocycles. The van der Waals surface area contributed by atoms with Gasteiger partial charge in [0.15, 0.2) is 0 Å². The zero-order valence-corrected chi connectivity index (χ0v) is 21.1. The minimum atomic E-state index is -0.276. The van der Waals surface area contributed by atoms with Crippen LogP contribution in [0.2, 0.25) is 0 Å². The molecule has 0 amide bonds. The second kappa shape index (κ2) is 10.3.